The van der Waals surface area contributed by atoms with Crippen LogP contribution in [0.1, 0.15) is 33.3 Å². The molecule has 146 valence electrons. The molecule has 5 heteroatoms. The van der Waals surface area contributed by atoms with Gasteiger partial charge in [-0.25, -0.2) is 0 Å². The van der Waals surface area contributed by atoms with Crippen LogP contribution in [0.25, 0.3) is 5.57 Å². The quantitative estimate of drug-likeness (QED) is 0.553. The number of benzene rings is 1. The second-order valence-electron chi connectivity index (χ2n) is 7.73. The van der Waals surface area contributed by atoms with Crippen molar-refractivity contribution in [3.8, 4) is 11.8 Å². The summed E-state index contributed by atoms with van der Waals surface area (Å²) in [5.41, 5.74) is 4.89. The number of anilines is 1. The molecule has 2 amide bonds. The third-order valence-electron chi connectivity index (χ3n) is 5.49. The Hall–Kier alpha value is -3.36. The zero-order valence-corrected chi connectivity index (χ0v) is 16.9. The van der Waals surface area contributed by atoms with E-state index in [4.69, 9.17) is 0 Å². The zero-order valence-electron chi connectivity index (χ0n) is 16.9. The molecule has 1 fully saturated rings. The van der Waals surface area contributed by atoms with E-state index >= 15 is 0 Å². The second kappa shape index (κ2) is 6.61. The smallest absolute Gasteiger partial charge is 0.221 e. The van der Waals surface area contributed by atoms with Crippen LogP contribution in [0.2, 0.25) is 0 Å². The molecule has 0 bridgehead atoms. The Kier molecular flexibility index (Phi) is 4.33. The standard InChI is InChI=1S/C24H23N3O2/c1-5-7-20-21(17-8-6-9-18(12-17)25-15(2)28)14-23(4)24(27-23)11-10-19(13-22(20)24)26-16(3)29/h6,8-14,27H,1-4H3,(H,25,28)(H,26,29). The number of carbonyl (C=O) groups is 2. The van der Waals surface area contributed by atoms with E-state index in [1.54, 1.807) is 0 Å². The lowest BCUT2D eigenvalue weighted by molar-refractivity contribution is -0.118. The monoisotopic (exact) mass is 385 g/mol. The second-order valence-corrected chi connectivity index (χ2v) is 7.73. The first kappa shape index (κ1) is 19.0. The zero-order chi connectivity index (χ0) is 20.8. The summed E-state index contributed by atoms with van der Waals surface area (Å²) in [6.45, 7) is 6.97. The molecule has 1 spiro atoms. The highest BCUT2D eigenvalue weighted by Crippen LogP contribution is 2.55. The van der Waals surface area contributed by atoms with Crippen LogP contribution in [0.15, 0.2) is 65.4 Å². The molecule has 1 heterocycles. The van der Waals surface area contributed by atoms with Gasteiger partial charge in [0, 0.05) is 30.8 Å². The molecule has 2 aliphatic carbocycles. The number of rotatable bonds is 3. The molecule has 29 heavy (non-hydrogen) atoms. The molecule has 2 atom stereocenters. The number of amides is 2. The van der Waals surface area contributed by atoms with Gasteiger partial charge in [-0.05, 0) is 54.8 Å². The largest absolute Gasteiger partial charge is 0.326 e. The van der Waals surface area contributed by atoms with Crippen molar-refractivity contribution in [3.63, 3.8) is 0 Å². The summed E-state index contributed by atoms with van der Waals surface area (Å²) in [7, 11) is 0. The summed E-state index contributed by atoms with van der Waals surface area (Å²) in [4.78, 5) is 23.0. The number of carbonyl (C=O) groups excluding carboxylic acids is 2. The van der Waals surface area contributed by atoms with Crippen molar-refractivity contribution < 1.29 is 9.59 Å². The van der Waals surface area contributed by atoms with E-state index in [1.807, 2.05) is 43.3 Å². The maximum Gasteiger partial charge on any atom is 0.221 e. The number of hydrogen-bond acceptors (Lipinski definition) is 3. The Labute approximate surface area is 170 Å². The van der Waals surface area contributed by atoms with Gasteiger partial charge in [-0.1, -0.05) is 30.2 Å². The van der Waals surface area contributed by atoms with Crippen LogP contribution < -0.4 is 16.0 Å². The van der Waals surface area contributed by atoms with Crippen molar-refractivity contribution in [2.75, 3.05) is 5.32 Å². The summed E-state index contributed by atoms with van der Waals surface area (Å²) in [5, 5.41) is 9.33. The highest BCUT2D eigenvalue weighted by Gasteiger charge is 2.66. The SMILES string of the molecule is CC#CC1=C2C=C(NC(C)=O)C=CC23NC3(C)C=C1c1cccc(NC(C)=O)c1. The third kappa shape index (κ3) is 3.12. The number of allylic oxidation sites excluding steroid dienone is 3. The molecule has 5 nitrogen and oxygen atoms in total. The van der Waals surface area contributed by atoms with Crippen molar-refractivity contribution in [3.05, 3.63) is 71.0 Å². The summed E-state index contributed by atoms with van der Waals surface area (Å²) < 4.78 is 0. The lowest BCUT2D eigenvalue weighted by Gasteiger charge is -2.28. The summed E-state index contributed by atoms with van der Waals surface area (Å²) >= 11 is 0. The normalized spacial score (nSPS) is 26.2. The third-order valence-corrected chi connectivity index (χ3v) is 5.49. The molecule has 0 saturated carbocycles. The van der Waals surface area contributed by atoms with Crippen molar-refractivity contribution in [1.29, 1.82) is 0 Å². The minimum absolute atomic E-state index is 0.109. The molecule has 2 unspecified atom stereocenters. The summed E-state index contributed by atoms with van der Waals surface area (Å²) in [6, 6.07) is 7.77. The first-order valence-corrected chi connectivity index (χ1v) is 9.54. The molecular formula is C24H23N3O2. The van der Waals surface area contributed by atoms with Crippen LogP contribution in [0.3, 0.4) is 0 Å². The van der Waals surface area contributed by atoms with Crippen LogP contribution in [0.4, 0.5) is 5.69 Å². The first-order valence-electron chi connectivity index (χ1n) is 9.54. The van der Waals surface area contributed by atoms with Gasteiger partial charge in [-0.3, -0.25) is 14.9 Å². The molecule has 1 aliphatic heterocycles. The van der Waals surface area contributed by atoms with Crippen LogP contribution in [0, 0.1) is 11.8 Å². The lowest BCUT2D eigenvalue weighted by atomic mass is 9.73. The Morgan fingerprint density at radius 3 is 2.59 bits per heavy atom. The lowest BCUT2D eigenvalue weighted by Crippen LogP contribution is -2.30. The Bertz CT molecular complexity index is 1130. The van der Waals surface area contributed by atoms with Crippen molar-refractivity contribution in [2.45, 2.75) is 38.8 Å². The van der Waals surface area contributed by atoms with Gasteiger partial charge in [0.25, 0.3) is 0 Å². The fourth-order valence-electron chi connectivity index (χ4n) is 4.22. The minimum atomic E-state index is -0.313. The van der Waals surface area contributed by atoms with Crippen LogP contribution in [0.5, 0.6) is 0 Å². The van der Waals surface area contributed by atoms with E-state index in [9.17, 15) is 9.59 Å². The molecular weight excluding hydrogens is 362 g/mol. The van der Waals surface area contributed by atoms with Crippen LogP contribution in [-0.4, -0.2) is 22.9 Å². The van der Waals surface area contributed by atoms with Gasteiger partial charge in [-0.15, -0.1) is 5.92 Å². The maximum atomic E-state index is 11.6. The van der Waals surface area contributed by atoms with E-state index in [1.165, 1.54) is 13.8 Å². The molecule has 3 aliphatic rings. The van der Waals surface area contributed by atoms with E-state index in [-0.39, 0.29) is 22.9 Å². The molecule has 4 rings (SSSR count). The van der Waals surface area contributed by atoms with Gasteiger partial charge in [0.2, 0.25) is 11.8 Å². The fraction of sp³-hybridized carbons (Fsp3) is 0.250. The van der Waals surface area contributed by atoms with Crippen molar-refractivity contribution in [2.24, 2.45) is 0 Å². The molecule has 0 radical (unpaired) electrons. The van der Waals surface area contributed by atoms with Gasteiger partial charge >= 0.3 is 0 Å². The van der Waals surface area contributed by atoms with Gasteiger partial charge in [0.1, 0.15) is 0 Å². The highest BCUT2D eigenvalue weighted by molar-refractivity contribution is 5.94. The number of hydrogen-bond donors (Lipinski definition) is 3. The predicted molar refractivity (Wildman–Crippen MR) is 115 cm³/mol. The first-order chi connectivity index (χ1) is 13.8. The van der Waals surface area contributed by atoms with E-state index < -0.39 is 0 Å². The molecule has 1 saturated heterocycles. The number of nitrogens with one attached hydrogen (secondary N) is 3. The minimum Gasteiger partial charge on any atom is -0.326 e. The Morgan fingerprint density at radius 1 is 1.14 bits per heavy atom. The van der Waals surface area contributed by atoms with Gasteiger partial charge in [0.05, 0.1) is 11.1 Å². The van der Waals surface area contributed by atoms with E-state index in [2.05, 4.69) is 46.9 Å². The van der Waals surface area contributed by atoms with E-state index in [0.29, 0.717) is 0 Å². The topological polar surface area (TPSA) is 80.1 Å². The molecule has 1 aromatic carbocycles. The summed E-state index contributed by atoms with van der Waals surface area (Å²) in [6.07, 6.45) is 8.26. The average molecular weight is 385 g/mol. The molecule has 1 aromatic rings. The molecule has 0 aromatic heterocycles. The maximum absolute atomic E-state index is 11.6. The van der Waals surface area contributed by atoms with E-state index in [0.717, 1.165) is 33.7 Å². The Balaban J connectivity index is 1.87. The van der Waals surface area contributed by atoms with Crippen LogP contribution >= 0.6 is 0 Å². The fourth-order valence-corrected chi connectivity index (χ4v) is 4.22. The van der Waals surface area contributed by atoms with Gasteiger partial charge in [-0.2, -0.15) is 0 Å². The predicted octanol–water partition coefficient (Wildman–Crippen LogP) is 3.05. The average Bonchev–Trinajstić information content (AvgIpc) is 3.25. The van der Waals surface area contributed by atoms with Crippen molar-refractivity contribution in [1.82, 2.24) is 10.6 Å². The summed E-state index contributed by atoms with van der Waals surface area (Å²) in [5.74, 6) is 6.09. The van der Waals surface area contributed by atoms with Gasteiger partial charge in [0.15, 0.2) is 0 Å². The highest BCUT2D eigenvalue weighted by atomic mass is 16.2. The molecule has 3 N–H and O–H groups in total. The van der Waals surface area contributed by atoms with Gasteiger partial charge < -0.3 is 10.6 Å². The Morgan fingerprint density at radius 2 is 1.90 bits per heavy atom. The van der Waals surface area contributed by atoms with Crippen LogP contribution in [-0.2, 0) is 9.59 Å². The van der Waals surface area contributed by atoms with Crippen molar-refractivity contribution >= 4 is 23.1 Å².